The maximum Gasteiger partial charge on any atom is 0.329 e. The summed E-state index contributed by atoms with van der Waals surface area (Å²) in [5.74, 6) is -1.74. The van der Waals surface area contributed by atoms with E-state index in [0.29, 0.717) is 22.7 Å². The van der Waals surface area contributed by atoms with Gasteiger partial charge in [-0.05, 0) is 11.5 Å². The molecule has 27 heavy (non-hydrogen) atoms. The molecule has 0 spiro atoms. The summed E-state index contributed by atoms with van der Waals surface area (Å²) in [7, 11) is 0. The predicted octanol–water partition coefficient (Wildman–Crippen LogP) is 2.70. The van der Waals surface area contributed by atoms with E-state index in [1.54, 1.807) is 18.2 Å². The van der Waals surface area contributed by atoms with Gasteiger partial charge in [0.05, 0.1) is 5.70 Å². The third kappa shape index (κ3) is 3.29. The van der Waals surface area contributed by atoms with Gasteiger partial charge in [-0.15, -0.1) is 6.58 Å². The van der Waals surface area contributed by atoms with E-state index in [2.05, 4.69) is 16.9 Å². The minimum absolute atomic E-state index is 0.0890. The number of carbonyl (C=O) groups excluding carboxylic acids is 3. The number of fused-ring (bicyclic) bond motifs is 1. The summed E-state index contributed by atoms with van der Waals surface area (Å²) < 4.78 is 13.6. The Labute approximate surface area is 157 Å². The fourth-order valence-electron chi connectivity index (χ4n) is 3.71. The molecule has 0 aromatic rings. The quantitative estimate of drug-likeness (QED) is 0.596. The topological polar surface area (TPSA) is 78.8 Å². The van der Waals surface area contributed by atoms with Crippen LogP contribution >= 0.6 is 0 Å². The number of nitrogens with one attached hydrogen (secondary N) is 1. The molecule has 0 bridgehead atoms. The monoisotopic (exact) mass is 371 g/mol. The molecule has 2 aliphatic heterocycles. The molecule has 2 heterocycles. The van der Waals surface area contributed by atoms with Gasteiger partial charge < -0.3 is 0 Å². The lowest BCUT2D eigenvalue weighted by Gasteiger charge is -2.41. The molecule has 6 nitrogen and oxygen atoms in total. The van der Waals surface area contributed by atoms with Crippen molar-refractivity contribution in [3.8, 4) is 0 Å². The molecular formula is C20H22FN3O3. The van der Waals surface area contributed by atoms with E-state index >= 15 is 0 Å². The molecular weight excluding hydrogens is 349 g/mol. The van der Waals surface area contributed by atoms with Crippen LogP contribution in [0.1, 0.15) is 20.3 Å². The first-order chi connectivity index (χ1) is 12.9. The van der Waals surface area contributed by atoms with Crippen molar-refractivity contribution in [3.05, 3.63) is 47.7 Å². The third-order valence-electron chi connectivity index (χ3n) is 4.93. The van der Waals surface area contributed by atoms with Crippen molar-refractivity contribution in [2.75, 3.05) is 6.54 Å². The van der Waals surface area contributed by atoms with Crippen LogP contribution in [0.25, 0.3) is 0 Å². The smallest absolute Gasteiger partial charge is 0.298 e. The average molecular weight is 371 g/mol. The standard InChI is InChI=1S/C20H22FN3O3/c1-4-9-24-18-16(19(26)23-20(24)27)15(12-5-7-13(21)8-6-12)14(10-25)17(22-18)11(2)3/h4-7,10-11,13,15-16H,1,8-9H2,2-3H3,(H,23,26,27). The molecule has 0 saturated carbocycles. The molecule has 3 aliphatic rings. The number of allylic oxidation sites excluding steroid dienone is 6. The highest BCUT2D eigenvalue weighted by atomic mass is 19.1. The van der Waals surface area contributed by atoms with Crippen LogP contribution in [0.15, 0.2) is 52.7 Å². The van der Waals surface area contributed by atoms with Gasteiger partial charge in [-0.3, -0.25) is 19.8 Å². The lowest BCUT2D eigenvalue weighted by molar-refractivity contribution is -0.123. The van der Waals surface area contributed by atoms with Gasteiger partial charge >= 0.3 is 6.03 Å². The number of imide groups is 1. The average Bonchev–Trinajstić information content (AvgIpc) is 2.64. The Morgan fingerprint density at radius 2 is 2.15 bits per heavy atom. The number of alkyl halides is 1. The van der Waals surface area contributed by atoms with Crippen LogP contribution in [0.3, 0.4) is 0 Å². The molecule has 1 saturated heterocycles. The van der Waals surface area contributed by atoms with Gasteiger partial charge in [0.15, 0.2) is 0 Å². The largest absolute Gasteiger partial charge is 0.329 e. The second-order valence-corrected chi connectivity index (χ2v) is 7.05. The molecule has 1 aliphatic carbocycles. The number of aldehydes is 1. The first-order valence-electron chi connectivity index (χ1n) is 8.92. The number of amidine groups is 1. The summed E-state index contributed by atoms with van der Waals surface area (Å²) in [5.41, 5.74) is 1.62. The fourth-order valence-corrected chi connectivity index (χ4v) is 3.71. The summed E-state index contributed by atoms with van der Waals surface area (Å²) in [6.45, 7) is 7.63. The second kappa shape index (κ2) is 7.42. The molecule has 0 aromatic carbocycles. The third-order valence-corrected chi connectivity index (χ3v) is 4.93. The molecule has 3 amide bonds. The van der Waals surface area contributed by atoms with Crippen molar-refractivity contribution in [2.24, 2.45) is 22.7 Å². The Morgan fingerprint density at radius 3 is 2.70 bits per heavy atom. The number of halogens is 1. The van der Waals surface area contributed by atoms with E-state index in [1.165, 1.54) is 11.0 Å². The molecule has 3 unspecified atom stereocenters. The van der Waals surface area contributed by atoms with Gasteiger partial charge in [0.2, 0.25) is 5.91 Å². The number of carbonyl (C=O) groups is 3. The number of aliphatic imine (C=N–C) groups is 1. The molecule has 0 aromatic heterocycles. The number of hydrogen-bond acceptors (Lipinski definition) is 4. The minimum Gasteiger partial charge on any atom is -0.298 e. The maximum absolute atomic E-state index is 13.6. The fraction of sp³-hybridized carbons (Fsp3) is 0.400. The van der Waals surface area contributed by atoms with Crippen molar-refractivity contribution >= 4 is 24.1 Å². The van der Waals surface area contributed by atoms with E-state index in [0.717, 1.165) is 6.29 Å². The zero-order valence-corrected chi connectivity index (χ0v) is 15.3. The van der Waals surface area contributed by atoms with E-state index in [9.17, 15) is 18.8 Å². The summed E-state index contributed by atoms with van der Waals surface area (Å²) in [4.78, 5) is 42.9. The van der Waals surface area contributed by atoms with Crippen molar-refractivity contribution in [1.29, 1.82) is 0 Å². The number of amides is 3. The first kappa shape index (κ1) is 18.9. The highest BCUT2D eigenvalue weighted by Crippen LogP contribution is 2.41. The summed E-state index contributed by atoms with van der Waals surface area (Å²) >= 11 is 0. The Hall–Kier alpha value is -2.83. The zero-order valence-electron chi connectivity index (χ0n) is 15.3. The number of hydrogen-bond donors (Lipinski definition) is 1. The Morgan fingerprint density at radius 1 is 1.41 bits per heavy atom. The lowest BCUT2D eigenvalue weighted by Crippen LogP contribution is -2.61. The molecule has 142 valence electrons. The van der Waals surface area contributed by atoms with E-state index in [4.69, 9.17) is 0 Å². The van der Waals surface area contributed by atoms with Gasteiger partial charge in [-0.2, -0.15) is 0 Å². The van der Waals surface area contributed by atoms with Crippen molar-refractivity contribution in [2.45, 2.75) is 26.4 Å². The van der Waals surface area contributed by atoms with Gasteiger partial charge in [-0.1, -0.05) is 38.2 Å². The van der Waals surface area contributed by atoms with Gasteiger partial charge in [0, 0.05) is 24.5 Å². The molecule has 3 rings (SSSR count). The van der Waals surface area contributed by atoms with Crippen molar-refractivity contribution in [1.82, 2.24) is 10.2 Å². The zero-order chi connectivity index (χ0) is 19.7. The second-order valence-electron chi connectivity index (χ2n) is 7.05. The van der Waals surface area contributed by atoms with Crippen LogP contribution in [0, 0.1) is 17.8 Å². The van der Waals surface area contributed by atoms with Crippen molar-refractivity contribution < 1.29 is 18.8 Å². The van der Waals surface area contributed by atoms with Gasteiger partial charge in [-0.25, -0.2) is 14.2 Å². The predicted molar refractivity (Wildman–Crippen MR) is 99.5 cm³/mol. The Bertz CT molecular complexity index is 822. The highest BCUT2D eigenvalue weighted by molar-refractivity contribution is 6.19. The van der Waals surface area contributed by atoms with Crippen LogP contribution in [-0.4, -0.2) is 41.7 Å². The maximum atomic E-state index is 13.6. The molecule has 3 atom stereocenters. The summed E-state index contributed by atoms with van der Waals surface area (Å²) in [6.07, 6.45) is 6.11. The summed E-state index contributed by atoms with van der Waals surface area (Å²) in [5, 5.41) is 2.34. The van der Waals surface area contributed by atoms with E-state index in [-0.39, 0.29) is 18.9 Å². The Balaban J connectivity index is 2.19. The summed E-state index contributed by atoms with van der Waals surface area (Å²) in [6, 6.07) is -0.566. The van der Waals surface area contributed by atoms with Crippen molar-refractivity contribution in [3.63, 3.8) is 0 Å². The van der Waals surface area contributed by atoms with Gasteiger partial charge in [0.1, 0.15) is 24.2 Å². The molecule has 1 N–H and O–H groups in total. The first-order valence-corrected chi connectivity index (χ1v) is 8.92. The van der Waals surface area contributed by atoms with Gasteiger partial charge in [0.25, 0.3) is 0 Å². The van der Waals surface area contributed by atoms with Crippen LogP contribution in [0.2, 0.25) is 0 Å². The van der Waals surface area contributed by atoms with Crippen LogP contribution in [-0.2, 0) is 9.59 Å². The lowest BCUT2D eigenvalue weighted by atomic mass is 9.73. The Kier molecular flexibility index (Phi) is 5.21. The number of nitrogens with zero attached hydrogens (tertiary/aromatic N) is 2. The number of urea groups is 1. The van der Waals surface area contributed by atoms with Crippen LogP contribution in [0.5, 0.6) is 0 Å². The van der Waals surface area contributed by atoms with Crippen LogP contribution < -0.4 is 5.32 Å². The van der Waals surface area contributed by atoms with E-state index < -0.39 is 29.9 Å². The number of rotatable bonds is 5. The van der Waals surface area contributed by atoms with Crippen LogP contribution in [0.4, 0.5) is 9.18 Å². The molecule has 0 radical (unpaired) electrons. The SMILES string of the molecule is C=CCN1C(=O)NC(=O)C2C1=NC(C(C)C)=C(C=O)C2C1=CCC(F)C=C1. The minimum atomic E-state index is -1.09. The molecule has 1 fully saturated rings. The molecule has 7 heteroatoms. The normalized spacial score (nSPS) is 27.9. The highest BCUT2D eigenvalue weighted by Gasteiger charge is 2.48. The van der Waals surface area contributed by atoms with E-state index in [1.807, 2.05) is 13.8 Å².